The van der Waals surface area contributed by atoms with Crippen LogP contribution >= 0.6 is 28.1 Å². The van der Waals surface area contributed by atoms with Crippen molar-refractivity contribution >= 4 is 39.2 Å². The predicted octanol–water partition coefficient (Wildman–Crippen LogP) is 4.65. The van der Waals surface area contributed by atoms with Crippen LogP contribution in [0.2, 0.25) is 0 Å². The Hall–Kier alpha value is -2.51. The molecule has 0 spiro atoms. The molecule has 0 fully saturated rings. The molecule has 1 aromatic heterocycles. The molecule has 2 aromatic carbocycles. The van der Waals surface area contributed by atoms with E-state index in [-0.39, 0.29) is 5.11 Å². The number of benzene rings is 2. The molecule has 1 amide bonds. The second-order valence-electron chi connectivity index (χ2n) is 5.42. The maximum Gasteiger partial charge on any atom is 0.257 e. The van der Waals surface area contributed by atoms with Crippen LogP contribution in [0.1, 0.15) is 16.1 Å². The number of hydrogen-bond donors (Lipinski definition) is 2. The van der Waals surface area contributed by atoms with E-state index >= 15 is 0 Å². The summed E-state index contributed by atoms with van der Waals surface area (Å²) in [5.74, 6) is 0.621. The molecular weight excluding hydrogens is 419 g/mol. The molecular formula is C19H14BrFN2O2S. The number of nitrogens with one attached hydrogen (secondary N) is 2. The first-order valence-electron chi connectivity index (χ1n) is 7.70. The minimum atomic E-state index is -0.405. The quantitative estimate of drug-likeness (QED) is 0.589. The average Bonchev–Trinajstić information content (AvgIpc) is 3.10. The van der Waals surface area contributed by atoms with E-state index < -0.39 is 11.7 Å². The molecule has 7 heteroatoms. The Morgan fingerprint density at radius 3 is 2.42 bits per heavy atom. The molecule has 4 nitrogen and oxygen atoms in total. The second-order valence-corrected chi connectivity index (χ2v) is 6.74. The zero-order valence-electron chi connectivity index (χ0n) is 13.5. The molecule has 0 bridgehead atoms. The lowest BCUT2D eigenvalue weighted by molar-refractivity contribution is 0.0976. The summed E-state index contributed by atoms with van der Waals surface area (Å²) in [5.41, 5.74) is 1.29. The first-order chi connectivity index (χ1) is 12.5. The number of amides is 1. The second kappa shape index (κ2) is 8.25. The monoisotopic (exact) mass is 432 g/mol. The van der Waals surface area contributed by atoms with Crippen molar-refractivity contribution in [2.24, 2.45) is 0 Å². The van der Waals surface area contributed by atoms with Gasteiger partial charge in [-0.3, -0.25) is 10.1 Å². The first-order valence-corrected chi connectivity index (χ1v) is 8.91. The van der Waals surface area contributed by atoms with E-state index in [0.29, 0.717) is 17.9 Å². The summed E-state index contributed by atoms with van der Waals surface area (Å²) >= 11 is 8.50. The Morgan fingerprint density at radius 1 is 1.04 bits per heavy atom. The summed E-state index contributed by atoms with van der Waals surface area (Å²) in [4.78, 5) is 12.0. The van der Waals surface area contributed by atoms with Gasteiger partial charge in [-0.05, 0) is 60.7 Å². The van der Waals surface area contributed by atoms with Crippen molar-refractivity contribution in [2.75, 3.05) is 0 Å². The van der Waals surface area contributed by atoms with Crippen LogP contribution in [0, 0.1) is 5.82 Å². The van der Waals surface area contributed by atoms with Crippen LogP contribution in [0.15, 0.2) is 69.6 Å². The van der Waals surface area contributed by atoms with Crippen LogP contribution in [0.25, 0.3) is 11.3 Å². The van der Waals surface area contributed by atoms with Crippen LogP contribution in [0.5, 0.6) is 0 Å². The zero-order valence-corrected chi connectivity index (χ0v) is 15.9. The highest BCUT2D eigenvalue weighted by Crippen LogP contribution is 2.23. The van der Waals surface area contributed by atoms with Gasteiger partial charge in [0.25, 0.3) is 5.91 Å². The molecule has 1 heterocycles. The van der Waals surface area contributed by atoms with Crippen molar-refractivity contribution in [3.8, 4) is 11.3 Å². The van der Waals surface area contributed by atoms with Gasteiger partial charge in [-0.2, -0.15) is 0 Å². The molecule has 0 aliphatic rings. The van der Waals surface area contributed by atoms with Gasteiger partial charge in [0.05, 0.1) is 6.54 Å². The Balaban J connectivity index is 1.54. The van der Waals surface area contributed by atoms with Crippen molar-refractivity contribution in [3.05, 3.63) is 82.3 Å². The SMILES string of the molecule is O=C(NC(=S)NCc1ccc(-c2ccc(Br)cc2)o1)c1ccc(F)cc1. The van der Waals surface area contributed by atoms with Crippen molar-refractivity contribution in [3.63, 3.8) is 0 Å². The number of thiocarbonyl (C=S) groups is 1. The van der Waals surface area contributed by atoms with Gasteiger partial charge in [-0.1, -0.05) is 28.1 Å². The fourth-order valence-electron chi connectivity index (χ4n) is 2.23. The van der Waals surface area contributed by atoms with Gasteiger partial charge in [0.2, 0.25) is 0 Å². The lowest BCUT2D eigenvalue weighted by atomic mass is 10.2. The lowest BCUT2D eigenvalue weighted by Crippen LogP contribution is -2.38. The number of halogens is 2. The normalized spacial score (nSPS) is 10.4. The van der Waals surface area contributed by atoms with E-state index in [1.54, 1.807) is 0 Å². The van der Waals surface area contributed by atoms with Crippen molar-refractivity contribution in [2.45, 2.75) is 6.54 Å². The molecule has 2 N–H and O–H groups in total. The third kappa shape index (κ3) is 4.77. The summed E-state index contributed by atoms with van der Waals surface area (Å²) in [7, 11) is 0. The van der Waals surface area contributed by atoms with E-state index in [9.17, 15) is 9.18 Å². The molecule has 0 aliphatic carbocycles. The van der Waals surface area contributed by atoms with Gasteiger partial charge in [-0.15, -0.1) is 0 Å². The van der Waals surface area contributed by atoms with Crippen LogP contribution in [-0.4, -0.2) is 11.0 Å². The molecule has 0 saturated heterocycles. The summed E-state index contributed by atoms with van der Waals surface area (Å²) in [5, 5.41) is 5.62. The molecule has 0 saturated carbocycles. The summed E-state index contributed by atoms with van der Waals surface area (Å²) in [6.45, 7) is 0.332. The summed E-state index contributed by atoms with van der Waals surface area (Å²) in [6.07, 6.45) is 0. The Kier molecular flexibility index (Phi) is 5.80. The minimum Gasteiger partial charge on any atom is -0.459 e. The highest BCUT2D eigenvalue weighted by Gasteiger charge is 2.09. The zero-order chi connectivity index (χ0) is 18.5. The summed E-state index contributed by atoms with van der Waals surface area (Å²) in [6, 6.07) is 16.7. The van der Waals surface area contributed by atoms with E-state index in [0.717, 1.165) is 15.8 Å². The number of carbonyl (C=O) groups is 1. The van der Waals surface area contributed by atoms with E-state index in [1.165, 1.54) is 24.3 Å². The standard InChI is InChI=1S/C19H14BrFN2O2S/c20-14-5-1-12(2-6-14)17-10-9-16(25-17)11-22-19(26)23-18(24)13-3-7-15(21)8-4-13/h1-10H,11H2,(H2,22,23,24,26). The molecule has 0 unspecified atom stereocenters. The van der Waals surface area contributed by atoms with Crippen LogP contribution < -0.4 is 10.6 Å². The minimum absolute atomic E-state index is 0.168. The molecule has 3 aromatic rings. The van der Waals surface area contributed by atoms with Gasteiger partial charge < -0.3 is 9.73 Å². The van der Waals surface area contributed by atoms with Gasteiger partial charge in [0.1, 0.15) is 17.3 Å². The highest BCUT2D eigenvalue weighted by molar-refractivity contribution is 9.10. The maximum atomic E-state index is 12.9. The summed E-state index contributed by atoms with van der Waals surface area (Å²) < 4.78 is 19.7. The Morgan fingerprint density at radius 2 is 1.73 bits per heavy atom. The number of furan rings is 1. The fraction of sp³-hybridized carbons (Fsp3) is 0.0526. The topological polar surface area (TPSA) is 54.3 Å². The van der Waals surface area contributed by atoms with Crippen LogP contribution in [-0.2, 0) is 6.54 Å². The fourth-order valence-corrected chi connectivity index (χ4v) is 2.66. The van der Waals surface area contributed by atoms with Crippen LogP contribution in [0.4, 0.5) is 4.39 Å². The lowest BCUT2D eigenvalue weighted by Gasteiger charge is -2.08. The maximum absolute atomic E-state index is 12.9. The largest absolute Gasteiger partial charge is 0.459 e. The van der Waals surface area contributed by atoms with E-state index in [4.69, 9.17) is 16.6 Å². The highest BCUT2D eigenvalue weighted by atomic mass is 79.9. The smallest absolute Gasteiger partial charge is 0.257 e. The molecule has 0 aliphatic heterocycles. The molecule has 3 rings (SSSR count). The molecule has 26 heavy (non-hydrogen) atoms. The predicted molar refractivity (Wildman–Crippen MR) is 105 cm³/mol. The van der Waals surface area contributed by atoms with Crippen molar-refractivity contribution < 1.29 is 13.6 Å². The molecule has 132 valence electrons. The van der Waals surface area contributed by atoms with Gasteiger partial charge in [0.15, 0.2) is 5.11 Å². The van der Waals surface area contributed by atoms with Gasteiger partial charge in [-0.25, -0.2) is 4.39 Å². The Bertz CT molecular complexity index is 923. The first kappa shape index (κ1) is 18.3. The van der Waals surface area contributed by atoms with E-state index in [1.807, 2.05) is 36.4 Å². The third-order valence-electron chi connectivity index (χ3n) is 3.55. The third-order valence-corrected chi connectivity index (χ3v) is 4.32. The van der Waals surface area contributed by atoms with Gasteiger partial charge in [0, 0.05) is 15.6 Å². The number of hydrogen-bond acceptors (Lipinski definition) is 3. The molecule has 0 atom stereocenters. The van der Waals surface area contributed by atoms with E-state index in [2.05, 4.69) is 26.6 Å². The van der Waals surface area contributed by atoms with Crippen LogP contribution in [0.3, 0.4) is 0 Å². The van der Waals surface area contributed by atoms with Crippen molar-refractivity contribution in [1.82, 2.24) is 10.6 Å². The number of rotatable bonds is 4. The van der Waals surface area contributed by atoms with Crippen molar-refractivity contribution in [1.29, 1.82) is 0 Å². The van der Waals surface area contributed by atoms with Gasteiger partial charge >= 0.3 is 0 Å². The number of carbonyl (C=O) groups excluding carboxylic acids is 1. The Labute approximate surface area is 163 Å². The molecule has 0 radical (unpaired) electrons. The average molecular weight is 433 g/mol.